The highest BCUT2D eigenvalue weighted by Crippen LogP contribution is 2.72. The molecule has 2 aromatic carbocycles. The van der Waals surface area contributed by atoms with Gasteiger partial charge in [0, 0.05) is 20.3 Å². The molecule has 0 heterocycles. The molecule has 4 saturated carbocycles. The van der Waals surface area contributed by atoms with Crippen molar-refractivity contribution in [2.75, 3.05) is 0 Å². The van der Waals surface area contributed by atoms with Gasteiger partial charge < -0.3 is 0 Å². The number of hydrogen-bond donors (Lipinski definition) is 0. The van der Waals surface area contributed by atoms with E-state index in [1.807, 2.05) is 0 Å². The Kier molecular flexibility index (Phi) is 3.93. The van der Waals surface area contributed by atoms with Gasteiger partial charge in [0.15, 0.2) is 0 Å². The summed E-state index contributed by atoms with van der Waals surface area (Å²) in [5, 5.41) is 1.79. The second kappa shape index (κ2) is 6.34. The van der Waals surface area contributed by atoms with E-state index in [2.05, 4.69) is 84.2 Å². The summed E-state index contributed by atoms with van der Waals surface area (Å²) in [6.07, 6.45) is 5.97. The Hall–Kier alpha value is -0.860. The van der Waals surface area contributed by atoms with Crippen molar-refractivity contribution in [3.8, 4) is 0 Å². The summed E-state index contributed by atoms with van der Waals surface area (Å²) >= 11 is 4.45. The minimum Gasteiger partial charge on any atom is -0.122 e. The van der Waals surface area contributed by atoms with Crippen LogP contribution in [0.2, 0.25) is 0 Å². The van der Waals surface area contributed by atoms with Crippen molar-refractivity contribution in [2.45, 2.75) is 46.0 Å². The summed E-state index contributed by atoms with van der Waals surface area (Å²) in [6.45, 7) is 0. The Morgan fingerprint density at radius 2 is 0.846 bits per heavy atom. The van der Waals surface area contributed by atoms with E-state index in [1.54, 1.807) is 0 Å². The number of thioether (sulfide) groups is 2. The maximum absolute atomic E-state index is 2.33. The van der Waals surface area contributed by atoms with Crippen LogP contribution in [-0.2, 0) is 0 Å². The molecule has 26 heavy (non-hydrogen) atoms. The smallest absolute Gasteiger partial charge is 0.0157 e. The van der Waals surface area contributed by atoms with Gasteiger partial charge in [-0.25, -0.2) is 0 Å². The first-order chi connectivity index (χ1) is 12.9. The van der Waals surface area contributed by atoms with Crippen LogP contribution in [0.25, 0.3) is 0 Å². The molecule has 2 aromatic rings. The molecule has 0 aromatic heterocycles. The van der Waals surface area contributed by atoms with Crippen LogP contribution >= 0.6 is 23.5 Å². The van der Waals surface area contributed by atoms with Crippen LogP contribution in [0, 0.1) is 35.5 Å². The third-order valence-electron chi connectivity index (χ3n) is 7.81. The maximum Gasteiger partial charge on any atom is 0.0157 e. The van der Waals surface area contributed by atoms with Crippen LogP contribution in [0.1, 0.15) is 25.7 Å². The molecule has 0 bridgehead atoms. The van der Waals surface area contributed by atoms with Crippen molar-refractivity contribution in [2.24, 2.45) is 35.5 Å². The highest BCUT2D eigenvalue weighted by Gasteiger charge is 2.67. The molecule has 0 saturated heterocycles. The minimum absolute atomic E-state index is 0.894. The first-order valence-corrected chi connectivity index (χ1v) is 12.1. The lowest BCUT2D eigenvalue weighted by molar-refractivity contribution is 0.322. The monoisotopic (exact) mass is 378 g/mol. The van der Waals surface area contributed by atoms with E-state index in [9.17, 15) is 0 Å². The van der Waals surface area contributed by atoms with Gasteiger partial charge in [-0.1, -0.05) is 36.4 Å². The summed E-state index contributed by atoms with van der Waals surface area (Å²) < 4.78 is 0. The van der Waals surface area contributed by atoms with Gasteiger partial charge in [0.05, 0.1) is 0 Å². The van der Waals surface area contributed by atoms with Crippen LogP contribution < -0.4 is 0 Å². The predicted octanol–water partition coefficient (Wildman–Crippen LogP) is 6.62. The molecule has 0 amide bonds. The van der Waals surface area contributed by atoms with Crippen molar-refractivity contribution in [3.63, 3.8) is 0 Å². The van der Waals surface area contributed by atoms with Gasteiger partial charge >= 0.3 is 0 Å². The molecule has 4 unspecified atom stereocenters. The quantitative estimate of drug-likeness (QED) is 0.586. The molecule has 6 rings (SSSR count). The summed E-state index contributed by atoms with van der Waals surface area (Å²) in [5.74, 6) is 6.03. The van der Waals surface area contributed by atoms with Gasteiger partial charge in [0.1, 0.15) is 0 Å². The number of hydrogen-bond acceptors (Lipinski definition) is 2. The average Bonchev–Trinajstić information content (AvgIpc) is 3.40. The van der Waals surface area contributed by atoms with Crippen LogP contribution in [0.4, 0.5) is 0 Å². The Bertz CT molecular complexity index is 682. The normalized spacial score (nSPS) is 42.3. The largest absolute Gasteiger partial charge is 0.122 e. The number of rotatable bonds is 4. The van der Waals surface area contributed by atoms with Gasteiger partial charge in [0.2, 0.25) is 0 Å². The van der Waals surface area contributed by atoms with Crippen LogP contribution in [0.5, 0.6) is 0 Å². The SMILES string of the molecule is c1ccc(SC2C3CCC4C(Sc5ccccc5)C5CCC2C5C34)cc1. The second-order valence-electron chi connectivity index (χ2n) is 8.76. The van der Waals surface area contributed by atoms with Crippen molar-refractivity contribution < 1.29 is 0 Å². The second-order valence-corrected chi connectivity index (χ2v) is 11.3. The van der Waals surface area contributed by atoms with Gasteiger partial charge in [0.25, 0.3) is 0 Å². The molecule has 134 valence electrons. The van der Waals surface area contributed by atoms with E-state index in [0.717, 1.165) is 46.0 Å². The van der Waals surface area contributed by atoms with Gasteiger partial charge in [-0.3, -0.25) is 0 Å². The van der Waals surface area contributed by atoms with E-state index in [4.69, 9.17) is 0 Å². The Labute approximate surface area is 165 Å². The molecule has 4 aliphatic carbocycles. The molecular weight excluding hydrogens is 352 g/mol. The van der Waals surface area contributed by atoms with Crippen molar-refractivity contribution >= 4 is 23.5 Å². The fourth-order valence-electron chi connectivity index (χ4n) is 7.15. The van der Waals surface area contributed by atoms with E-state index in [0.29, 0.717) is 0 Å². The first-order valence-electron chi connectivity index (χ1n) is 10.3. The zero-order chi connectivity index (χ0) is 17.1. The lowest BCUT2D eigenvalue weighted by Gasteiger charge is -2.24. The van der Waals surface area contributed by atoms with E-state index < -0.39 is 0 Å². The topological polar surface area (TPSA) is 0 Å². The third-order valence-corrected chi connectivity index (χ3v) is 10.8. The number of benzene rings is 2. The van der Waals surface area contributed by atoms with Gasteiger partial charge in [-0.2, -0.15) is 0 Å². The highest BCUT2D eigenvalue weighted by atomic mass is 32.2. The summed E-state index contributed by atoms with van der Waals surface area (Å²) in [4.78, 5) is 3.00. The highest BCUT2D eigenvalue weighted by molar-refractivity contribution is 8.00. The lowest BCUT2D eigenvalue weighted by atomic mass is 9.90. The molecule has 0 spiro atoms. The maximum atomic E-state index is 2.33. The predicted molar refractivity (Wildman–Crippen MR) is 112 cm³/mol. The molecule has 0 N–H and O–H groups in total. The molecule has 4 fully saturated rings. The molecule has 0 radical (unpaired) electrons. The Balaban J connectivity index is 1.27. The standard InChI is InChI=1S/C24H26S2/c1-3-7-15(8-4-1)25-23-17-11-13-19-21(17)22-18(23)12-14-20(22)24(19)26-16-9-5-2-6-10-16/h1-10,17-24H,11-14H2. The third kappa shape index (κ3) is 2.37. The van der Waals surface area contributed by atoms with Gasteiger partial charge in [-0.15, -0.1) is 23.5 Å². The summed E-state index contributed by atoms with van der Waals surface area (Å²) in [6, 6.07) is 22.4. The lowest BCUT2D eigenvalue weighted by Crippen LogP contribution is -2.20. The summed E-state index contributed by atoms with van der Waals surface area (Å²) in [5.41, 5.74) is 0. The van der Waals surface area contributed by atoms with Crippen molar-refractivity contribution in [1.29, 1.82) is 0 Å². The van der Waals surface area contributed by atoms with Crippen LogP contribution in [0.15, 0.2) is 70.5 Å². The fourth-order valence-corrected chi connectivity index (χ4v) is 10.4. The average molecular weight is 379 g/mol. The molecule has 2 heteroatoms. The Morgan fingerprint density at radius 1 is 0.500 bits per heavy atom. The zero-order valence-corrected chi connectivity index (χ0v) is 16.7. The summed E-state index contributed by atoms with van der Waals surface area (Å²) in [7, 11) is 0. The van der Waals surface area contributed by atoms with E-state index >= 15 is 0 Å². The van der Waals surface area contributed by atoms with E-state index in [1.165, 1.54) is 35.5 Å². The molecule has 4 aliphatic rings. The first kappa shape index (κ1) is 16.1. The van der Waals surface area contributed by atoms with Gasteiger partial charge in [-0.05, 0) is 85.5 Å². The molecule has 0 aliphatic heterocycles. The molecule has 4 atom stereocenters. The Morgan fingerprint density at radius 3 is 1.19 bits per heavy atom. The molecular formula is C24H26S2. The van der Waals surface area contributed by atoms with Crippen LogP contribution in [-0.4, -0.2) is 10.5 Å². The molecule has 0 nitrogen and oxygen atoms in total. The zero-order valence-electron chi connectivity index (χ0n) is 15.0. The van der Waals surface area contributed by atoms with Crippen molar-refractivity contribution in [1.82, 2.24) is 0 Å². The van der Waals surface area contributed by atoms with Crippen LogP contribution in [0.3, 0.4) is 0 Å². The van der Waals surface area contributed by atoms with Crippen molar-refractivity contribution in [3.05, 3.63) is 60.7 Å². The minimum atomic E-state index is 0.894. The van der Waals surface area contributed by atoms with E-state index in [-0.39, 0.29) is 0 Å². The fraction of sp³-hybridized carbons (Fsp3) is 0.500.